The molecule has 424 valence electrons. The van der Waals surface area contributed by atoms with Crippen molar-refractivity contribution in [2.45, 2.75) is 163 Å². The van der Waals surface area contributed by atoms with Crippen molar-refractivity contribution in [1.29, 1.82) is 0 Å². The molecule has 84 heavy (non-hydrogen) atoms. The molecule has 0 fully saturated rings. The molecule has 0 N–H and O–H groups in total. The minimum atomic E-state index is -2.42. The van der Waals surface area contributed by atoms with E-state index >= 15 is 0 Å². The number of fused-ring (bicyclic) bond motifs is 5. The summed E-state index contributed by atoms with van der Waals surface area (Å²) in [4.78, 5) is 5.18. The highest BCUT2D eigenvalue weighted by Gasteiger charge is 2.41. The topological polar surface area (TPSA) is 33.1 Å². The van der Waals surface area contributed by atoms with E-state index in [-0.39, 0.29) is 38.1 Å². The van der Waals surface area contributed by atoms with Gasteiger partial charge in [-0.1, -0.05) is 202 Å². The molecule has 5 nitrogen and oxygen atoms in total. The zero-order valence-electron chi connectivity index (χ0n) is 55.4. The van der Waals surface area contributed by atoms with E-state index in [2.05, 4.69) is 276 Å². The molecule has 0 bridgehead atoms. The molecule has 0 atom stereocenters. The van der Waals surface area contributed by atoms with E-state index in [1.165, 1.54) is 38.9 Å². The first-order chi connectivity index (χ1) is 40.7. The van der Waals surface area contributed by atoms with Gasteiger partial charge in [-0.3, -0.25) is 4.57 Å². The number of pyridine rings is 1. The van der Waals surface area contributed by atoms with Crippen molar-refractivity contribution in [2.24, 2.45) is 0 Å². The second-order valence-electron chi connectivity index (χ2n) is 29.3. The summed E-state index contributed by atoms with van der Waals surface area (Å²) < 4.78 is 40.5. The molecule has 1 aliphatic heterocycles. The molecule has 0 radical (unpaired) electrons. The van der Waals surface area contributed by atoms with Gasteiger partial charge in [-0.15, -0.1) is 0 Å². The van der Waals surface area contributed by atoms with Crippen LogP contribution >= 0.6 is 0 Å². The predicted molar refractivity (Wildman–Crippen MR) is 357 cm³/mol. The maximum absolute atomic E-state index is 9.01. The highest BCUT2D eigenvalue weighted by atomic mass is 16.5. The van der Waals surface area contributed by atoms with Crippen LogP contribution in [-0.2, 0) is 32.5 Å². The molecule has 0 amide bonds. The minimum absolute atomic E-state index is 0.0302. The molecule has 3 heterocycles. The normalized spacial score (nSPS) is 15.7. The molecule has 2 aliphatic rings. The van der Waals surface area contributed by atoms with Crippen molar-refractivity contribution >= 4 is 50.6 Å². The van der Waals surface area contributed by atoms with Crippen LogP contribution in [0.25, 0.3) is 61.0 Å². The van der Waals surface area contributed by atoms with Gasteiger partial charge in [-0.25, -0.2) is 4.98 Å². The second-order valence-corrected chi connectivity index (χ2v) is 29.3. The van der Waals surface area contributed by atoms with Gasteiger partial charge in [0.15, 0.2) is 0 Å². The quantitative estimate of drug-likeness (QED) is 0.142. The van der Waals surface area contributed by atoms with Crippen molar-refractivity contribution in [1.82, 2.24) is 18.7 Å². The molecule has 2 aromatic heterocycles. The summed E-state index contributed by atoms with van der Waals surface area (Å²) in [7, 11) is 0. The molecule has 5 heteroatoms. The standard InChI is InChI=1S/C79H84N4O/c1-50-38-72(80-48-65(50)52-30-34-66-67(41-52)79(16,17)37-36-78(66,14)15)83-68-35-31-54(74(2,3)4)43-64(68)61-33-32-60(47-71(61)83)84-59-27-23-26-58(46-59)81-49-82(70-29-22-21-28-69(70)81)73-62(51-24-19-18-20-25-51)44-57(77(11,12)13)45-63(73)53-39-55(75(5,6)7)42-56(40-53)76(8,9)10/h18-35,38-48H,36-37H2,1-17H3/q+2/i1D3. The third-order valence-electron chi connectivity index (χ3n) is 18.0. The third kappa shape index (κ3) is 10.2. The maximum atomic E-state index is 9.01. The second kappa shape index (κ2) is 20.0. The zero-order chi connectivity index (χ0) is 62.1. The van der Waals surface area contributed by atoms with Crippen molar-refractivity contribution < 1.29 is 8.85 Å². The van der Waals surface area contributed by atoms with E-state index < -0.39 is 6.85 Å². The van der Waals surface area contributed by atoms with Gasteiger partial charge in [0, 0.05) is 50.9 Å². The lowest BCUT2D eigenvalue weighted by molar-refractivity contribution is 0.332. The van der Waals surface area contributed by atoms with Crippen LogP contribution in [0.5, 0.6) is 11.5 Å². The minimum Gasteiger partial charge on any atom is -0.457 e. The number of hydrogen-bond donors (Lipinski definition) is 0. The van der Waals surface area contributed by atoms with Gasteiger partial charge < -0.3 is 4.74 Å². The van der Waals surface area contributed by atoms with Gasteiger partial charge >= 0.3 is 6.01 Å². The number of ether oxygens (including phenoxy) is 1. The summed E-state index contributed by atoms with van der Waals surface area (Å²) >= 11 is 0. The van der Waals surface area contributed by atoms with E-state index in [0.29, 0.717) is 22.9 Å². The first-order valence-corrected chi connectivity index (χ1v) is 30.1. The van der Waals surface area contributed by atoms with Crippen LogP contribution in [0.3, 0.4) is 0 Å². The maximum Gasteiger partial charge on any atom is 0.503 e. The highest BCUT2D eigenvalue weighted by molar-refractivity contribution is 6.10. The van der Waals surface area contributed by atoms with E-state index in [4.69, 9.17) is 13.8 Å². The number of para-hydroxylation sites is 2. The smallest absolute Gasteiger partial charge is 0.457 e. The fourth-order valence-electron chi connectivity index (χ4n) is 12.6. The monoisotopic (exact) mass is 1110 g/mol. The van der Waals surface area contributed by atoms with Crippen LogP contribution in [0.4, 0.5) is 22.7 Å². The van der Waals surface area contributed by atoms with Crippen LogP contribution < -0.4 is 13.9 Å². The SMILES string of the molecule is [2H]C([2H])([2H])c1cc(-n2c3ccc(C(C)(C)C)cc3c3ccc(Oc4cccc([N+]5=C=[N+](c6c(-c7ccccc7)cc(C(C)(C)C)cc6-c6cc(C(C)(C)C)cc(C(C)(C)C)c6)c6ccccc65)c4)cc32)ncc1-c1ccc2c(c1)C(C)(C)CCC2(C)C. The Morgan fingerprint density at radius 1 is 0.476 bits per heavy atom. The zero-order valence-corrected chi connectivity index (χ0v) is 52.4. The van der Waals surface area contributed by atoms with Gasteiger partial charge in [0.2, 0.25) is 11.4 Å². The molecule has 1 aliphatic carbocycles. The number of rotatable bonds is 8. The Kier molecular flexibility index (Phi) is 12.6. The number of benzene rings is 8. The van der Waals surface area contributed by atoms with Crippen molar-refractivity contribution in [3.63, 3.8) is 0 Å². The van der Waals surface area contributed by atoms with Gasteiger partial charge in [0.1, 0.15) is 17.3 Å². The lowest BCUT2D eigenvalue weighted by Gasteiger charge is -2.42. The van der Waals surface area contributed by atoms with Gasteiger partial charge in [0.25, 0.3) is 11.4 Å². The molecule has 0 unspecified atom stereocenters. The van der Waals surface area contributed by atoms with Crippen LogP contribution in [0.1, 0.15) is 167 Å². The number of nitrogens with zero attached hydrogens (tertiary/aromatic N) is 4. The Balaban J connectivity index is 1.01. The van der Waals surface area contributed by atoms with Crippen LogP contribution in [0.15, 0.2) is 176 Å². The van der Waals surface area contributed by atoms with E-state index in [1.54, 1.807) is 12.3 Å². The summed E-state index contributed by atoms with van der Waals surface area (Å²) in [6.45, 7) is 34.2. The number of hydrogen-bond acceptors (Lipinski definition) is 2. The Bertz CT molecular complexity index is 4450. The van der Waals surface area contributed by atoms with E-state index in [9.17, 15) is 0 Å². The molecular weight excluding hydrogens is 1020 g/mol. The van der Waals surface area contributed by atoms with Crippen molar-refractivity contribution in [3.05, 3.63) is 215 Å². The van der Waals surface area contributed by atoms with Gasteiger partial charge in [-0.2, -0.15) is 0 Å². The molecule has 12 rings (SSSR count). The summed E-state index contributed by atoms with van der Waals surface area (Å²) in [5, 5.41) is 2.07. The number of aromatic nitrogens is 2. The average molecular weight is 1110 g/mol. The number of aryl methyl sites for hydroxylation is 1. The fraction of sp³-hybridized carbons (Fsp3) is 0.316. The Morgan fingerprint density at radius 3 is 1.74 bits per heavy atom. The largest absolute Gasteiger partial charge is 0.503 e. The third-order valence-corrected chi connectivity index (χ3v) is 18.0. The highest BCUT2D eigenvalue weighted by Crippen LogP contribution is 2.50. The summed E-state index contributed by atoms with van der Waals surface area (Å²) in [5.74, 6) is 1.81. The Labute approximate surface area is 504 Å². The lowest BCUT2D eigenvalue weighted by atomic mass is 9.63. The van der Waals surface area contributed by atoms with Crippen LogP contribution in [0, 0.1) is 6.85 Å². The summed E-state index contributed by atoms with van der Waals surface area (Å²) in [5.41, 5.74) is 19.3. The molecule has 0 spiro atoms. The van der Waals surface area contributed by atoms with Crippen LogP contribution in [-0.4, -0.2) is 15.6 Å². The van der Waals surface area contributed by atoms with Crippen molar-refractivity contribution in [3.8, 4) is 50.7 Å². The first-order valence-electron chi connectivity index (χ1n) is 31.6. The Morgan fingerprint density at radius 2 is 1.08 bits per heavy atom. The van der Waals surface area contributed by atoms with Crippen molar-refractivity contribution in [2.75, 3.05) is 0 Å². The molecular formula is C79H84N4O+2. The molecule has 10 aromatic rings. The molecule has 0 saturated carbocycles. The molecule has 8 aromatic carbocycles. The van der Waals surface area contributed by atoms with Gasteiger partial charge in [0.05, 0.1) is 28.2 Å². The Hall–Kier alpha value is -8.11. The summed E-state index contributed by atoms with van der Waals surface area (Å²) in [6.07, 6.45) is 3.93. The average Bonchev–Trinajstić information content (AvgIpc) is 1.78. The predicted octanol–water partition coefficient (Wildman–Crippen LogP) is 21.7. The fourth-order valence-corrected chi connectivity index (χ4v) is 12.6. The first kappa shape index (κ1) is 52.7. The molecule has 0 saturated heterocycles. The van der Waals surface area contributed by atoms with E-state index in [1.807, 2.05) is 18.2 Å². The van der Waals surface area contributed by atoms with Crippen LogP contribution in [0.2, 0.25) is 0 Å². The lowest BCUT2D eigenvalue weighted by Crippen LogP contribution is -2.33. The van der Waals surface area contributed by atoms with E-state index in [0.717, 1.165) is 79.7 Å². The van der Waals surface area contributed by atoms with Gasteiger partial charge in [-0.05, 0) is 165 Å². The summed E-state index contributed by atoms with van der Waals surface area (Å²) in [6, 6.07) is 64.7.